The molecular weight excluding hydrogens is 272 g/mol. The van der Waals surface area contributed by atoms with Crippen molar-refractivity contribution < 1.29 is 9.90 Å². The molecular formula is C15H22N2O2S. The number of aliphatic carboxylic acids is 1. The summed E-state index contributed by atoms with van der Waals surface area (Å²) in [5.41, 5.74) is 1.28. The van der Waals surface area contributed by atoms with Gasteiger partial charge in [0, 0.05) is 24.0 Å². The van der Waals surface area contributed by atoms with E-state index in [2.05, 4.69) is 28.0 Å². The van der Waals surface area contributed by atoms with Crippen LogP contribution in [0.1, 0.15) is 18.0 Å². The van der Waals surface area contributed by atoms with Crippen molar-refractivity contribution in [1.29, 1.82) is 0 Å². The molecule has 4 nitrogen and oxygen atoms in total. The minimum absolute atomic E-state index is 0.109. The molecule has 0 spiro atoms. The number of carbonyl (C=O) groups is 1. The zero-order chi connectivity index (χ0) is 14.5. The molecule has 0 saturated heterocycles. The van der Waals surface area contributed by atoms with Gasteiger partial charge in [-0.3, -0.25) is 9.69 Å². The summed E-state index contributed by atoms with van der Waals surface area (Å²) in [6.07, 6.45) is 1.02. The van der Waals surface area contributed by atoms with Crippen LogP contribution in [-0.2, 0) is 4.79 Å². The molecule has 20 heavy (non-hydrogen) atoms. The number of hydrogen-bond donors (Lipinski definition) is 1. The van der Waals surface area contributed by atoms with Crippen molar-refractivity contribution in [1.82, 2.24) is 9.80 Å². The molecule has 0 amide bonds. The predicted molar refractivity (Wildman–Crippen MR) is 82.3 cm³/mol. The largest absolute Gasteiger partial charge is 0.480 e. The smallest absolute Gasteiger partial charge is 0.317 e. The Labute approximate surface area is 124 Å². The summed E-state index contributed by atoms with van der Waals surface area (Å²) in [6, 6.07) is 8.59. The summed E-state index contributed by atoms with van der Waals surface area (Å²) in [4.78, 5) is 16.6. The average molecular weight is 294 g/mol. The van der Waals surface area contributed by atoms with Gasteiger partial charge in [-0.15, -0.1) is 11.8 Å². The maximum atomic E-state index is 11.1. The molecule has 110 valence electrons. The zero-order valence-electron chi connectivity index (χ0n) is 12.1. The Morgan fingerprint density at radius 1 is 1.35 bits per heavy atom. The number of carboxylic acid groups (broad SMARTS) is 1. The molecule has 5 heteroatoms. The van der Waals surface area contributed by atoms with Gasteiger partial charge in [0.1, 0.15) is 0 Å². The Kier molecular flexibility index (Phi) is 5.46. The molecule has 0 saturated carbocycles. The lowest BCUT2D eigenvalue weighted by Gasteiger charge is -2.35. The molecule has 1 aromatic rings. The summed E-state index contributed by atoms with van der Waals surface area (Å²) in [5, 5.41) is 9.17. The maximum Gasteiger partial charge on any atom is 0.317 e. The Balaban J connectivity index is 2.18. The van der Waals surface area contributed by atoms with Crippen LogP contribution in [0, 0.1) is 0 Å². The number of rotatable bonds is 6. The van der Waals surface area contributed by atoms with Crippen molar-refractivity contribution in [3.8, 4) is 0 Å². The number of fused-ring (bicyclic) bond motifs is 1. The molecule has 1 unspecified atom stereocenters. The van der Waals surface area contributed by atoms with Crippen LogP contribution in [0.2, 0.25) is 0 Å². The second-order valence-corrected chi connectivity index (χ2v) is 6.50. The molecule has 1 aliphatic rings. The first-order valence-electron chi connectivity index (χ1n) is 6.90. The summed E-state index contributed by atoms with van der Waals surface area (Å²) in [6.45, 7) is 1.76. The van der Waals surface area contributed by atoms with Crippen LogP contribution in [-0.4, -0.2) is 60.4 Å². The van der Waals surface area contributed by atoms with E-state index < -0.39 is 5.97 Å². The number of likely N-dealkylation sites (N-methyl/N-ethyl adjacent to an activating group) is 1. The molecule has 0 fully saturated rings. The fourth-order valence-electron chi connectivity index (χ4n) is 2.55. The first kappa shape index (κ1) is 15.4. The van der Waals surface area contributed by atoms with Crippen LogP contribution in [0.4, 0.5) is 0 Å². The van der Waals surface area contributed by atoms with Gasteiger partial charge in [0.25, 0.3) is 0 Å². The second kappa shape index (κ2) is 7.11. The van der Waals surface area contributed by atoms with Gasteiger partial charge in [0.15, 0.2) is 0 Å². The lowest BCUT2D eigenvalue weighted by Crippen LogP contribution is -2.39. The van der Waals surface area contributed by atoms with Crippen molar-refractivity contribution in [2.75, 3.05) is 39.5 Å². The topological polar surface area (TPSA) is 43.8 Å². The van der Waals surface area contributed by atoms with Gasteiger partial charge in [0.2, 0.25) is 0 Å². The van der Waals surface area contributed by atoms with Crippen LogP contribution >= 0.6 is 11.8 Å². The molecule has 0 aliphatic carbocycles. The molecule has 1 heterocycles. The monoisotopic (exact) mass is 294 g/mol. The molecule has 2 rings (SSSR count). The van der Waals surface area contributed by atoms with Gasteiger partial charge in [-0.1, -0.05) is 18.2 Å². The number of hydrogen-bond acceptors (Lipinski definition) is 4. The predicted octanol–water partition coefficient (Wildman–Crippen LogP) is 2.17. The fraction of sp³-hybridized carbons (Fsp3) is 0.533. The number of benzene rings is 1. The molecule has 1 atom stereocenters. The van der Waals surface area contributed by atoms with E-state index in [1.165, 1.54) is 10.5 Å². The van der Waals surface area contributed by atoms with E-state index >= 15 is 0 Å². The zero-order valence-corrected chi connectivity index (χ0v) is 12.9. The Morgan fingerprint density at radius 3 is 2.80 bits per heavy atom. The van der Waals surface area contributed by atoms with E-state index in [0.717, 1.165) is 25.3 Å². The Morgan fingerprint density at radius 2 is 2.10 bits per heavy atom. The third-order valence-electron chi connectivity index (χ3n) is 3.54. The van der Waals surface area contributed by atoms with Crippen molar-refractivity contribution in [3.63, 3.8) is 0 Å². The highest BCUT2D eigenvalue weighted by molar-refractivity contribution is 7.99. The van der Waals surface area contributed by atoms with E-state index in [1.54, 1.807) is 0 Å². The number of thioether (sulfide) groups is 1. The van der Waals surface area contributed by atoms with Crippen LogP contribution in [0.5, 0.6) is 0 Å². The highest BCUT2D eigenvalue weighted by atomic mass is 32.2. The molecule has 0 bridgehead atoms. The standard InChI is InChI=1S/C15H22N2O2S/c1-16(2)8-9-17(11-15(18)19)13-7-10-20-14-6-4-3-5-12(13)14/h3-6,13H,7-11H2,1-2H3,(H,18,19). The Bertz CT molecular complexity index is 465. The Hall–Kier alpha value is -1.04. The number of nitrogens with zero attached hydrogens (tertiary/aromatic N) is 2. The van der Waals surface area contributed by atoms with Crippen LogP contribution in [0.25, 0.3) is 0 Å². The lowest BCUT2D eigenvalue weighted by atomic mass is 10.0. The van der Waals surface area contributed by atoms with E-state index in [4.69, 9.17) is 5.11 Å². The summed E-state index contributed by atoms with van der Waals surface area (Å²) >= 11 is 1.87. The molecule has 1 aromatic carbocycles. The van der Waals surface area contributed by atoms with E-state index in [1.807, 2.05) is 31.9 Å². The molecule has 0 radical (unpaired) electrons. The molecule has 1 N–H and O–H groups in total. The van der Waals surface area contributed by atoms with Crippen LogP contribution in [0.15, 0.2) is 29.2 Å². The third kappa shape index (κ3) is 3.98. The van der Waals surface area contributed by atoms with Crippen LogP contribution < -0.4 is 0 Å². The first-order valence-corrected chi connectivity index (χ1v) is 7.89. The fourth-order valence-corrected chi connectivity index (χ4v) is 3.66. The highest BCUT2D eigenvalue weighted by Crippen LogP contribution is 2.38. The molecule has 1 aliphatic heterocycles. The van der Waals surface area contributed by atoms with E-state index in [0.29, 0.717) is 0 Å². The van der Waals surface area contributed by atoms with Gasteiger partial charge in [0.05, 0.1) is 6.54 Å². The highest BCUT2D eigenvalue weighted by Gasteiger charge is 2.27. The maximum absolute atomic E-state index is 11.1. The summed E-state index contributed by atoms with van der Waals surface area (Å²) in [7, 11) is 4.03. The van der Waals surface area contributed by atoms with Gasteiger partial charge in [-0.25, -0.2) is 0 Å². The van der Waals surface area contributed by atoms with Crippen molar-refractivity contribution >= 4 is 17.7 Å². The summed E-state index contributed by atoms with van der Waals surface area (Å²) in [5.74, 6) is 0.305. The summed E-state index contributed by atoms with van der Waals surface area (Å²) < 4.78 is 0. The first-order chi connectivity index (χ1) is 9.58. The van der Waals surface area contributed by atoms with E-state index in [9.17, 15) is 4.79 Å². The molecule has 0 aromatic heterocycles. The van der Waals surface area contributed by atoms with Crippen molar-refractivity contribution in [2.45, 2.75) is 17.4 Å². The second-order valence-electron chi connectivity index (χ2n) is 5.36. The van der Waals surface area contributed by atoms with Gasteiger partial charge >= 0.3 is 5.97 Å². The van der Waals surface area contributed by atoms with E-state index in [-0.39, 0.29) is 12.6 Å². The quantitative estimate of drug-likeness (QED) is 0.871. The third-order valence-corrected chi connectivity index (χ3v) is 4.66. The van der Waals surface area contributed by atoms with Crippen molar-refractivity contribution in [3.05, 3.63) is 29.8 Å². The van der Waals surface area contributed by atoms with Gasteiger partial charge < -0.3 is 10.0 Å². The number of carboxylic acids is 1. The lowest BCUT2D eigenvalue weighted by molar-refractivity contribution is -0.139. The SMILES string of the molecule is CN(C)CCN(CC(=O)O)C1CCSc2ccccc21. The van der Waals surface area contributed by atoms with Crippen molar-refractivity contribution in [2.24, 2.45) is 0 Å². The minimum atomic E-state index is -0.750. The van der Waals surface area contributed by atoms with Gasteiger partial charge in [-0.2, -0.15) is 0 Å². The van der Waals surface area contributed by atoms with Gasteiger partial charge in [-0.05, 0) is 37.9 Å². The van der Waals surface area contributed by atoms with Crippen LogP contribution in [0.3, 0.4) is 0 Å². The average Bonchev–Trinajstić information content (AvgIpc) is 2.42. The minimum Gasteiger partial charge on any atom is -0.480 e. The normalized spacial score (nSPS) is 18.3.